The number of halogens is 6. The monoisotopic (exact) mass is 526 g/mol. The number of aliphatic hydroxyl groups is 1. The largest absolute Gasteiger partial charge is 0.471 e. The summed E-state index contributed by atoms with van der Waals surface area (Å²) in [6, 6.07) is 1.16. The van der Waals surface area contributed by atoms with Crippen LogP contribution in [-0.2, 0) is 16.9 Å². The summed E-state index contributed by atoms with van der Waals surface area (Å²) in [5.41, 5.74) is -5.50. The van der Waals surface area contributed by atoms with Crippen LogP contribution in [-0.4, -0.2) is 48.0 Å². The van der Waals surface area contributed by atoms with Gasteiger partial charge in [-0.05, 0) is 25.1 Å². The first kappa shape index (κ1) is 25.8. The van der Waals surface area contributed by atoms with Crippen molar-refractivity contribution in [3.63, 3.8) is 0 Å². The van der Waals surface area contributed by atoms with Crippen LogP contribution in [0.5, 0.6) is 0 Å². The van der Waals surface area contributed by atoms with Gasteiger partial charge in [-0.25, -0.2) is 27.8 Å². The lowest BCUT2D eigenvalue weighted by molar-refractivity contribution is -0.172. The molecule has 0 saturated heterocycles. The summed E-state index contributed by atoms with van der Waals surface area (Å²) in [6.45, 7) is 0.143. The molecule has 0 aliphatic rings. The van der Waals surface area contributed by atoms with E-state index < -0.39 is 64.5 Å². The third-order valence-electron chi connectivity index (χ3n) is 5.78. The van der Waals surface area contributed by atoms with E-state index in [1.165, 1.54) is 0 Å². The van der Waals surface area contributed by atoms with Crippen LogP contribution >= 0.6 is 0 Å². The van der Waals surface area contributed by atoms with Gasteiger partial charge in [0.15, 0.2) is 0 Å². The van der Waals surface area contributed by atoms with Crippen LogP contribution < -0.4 is 10.5 Å². The van der Waals surface area contributed by atoms with E-state index >= 15 is 4.39 Å². The summed E-state index contributed by atoms with van der Waals surface area (Å²) in [5.74, 6) is -6.43. The molecule has 15 heteroatoms. The van der Waals surface area contributed by atoms with Crippen molar-refractivity contribution in [3.8, 4) is 0 Å². The summed E-state index contributed by atoms with van der Waals surface area (Å²) in [4.78, 5) is 34.1. The third kappa shape index (κ3) is 4.76. The lowest BCUT2D eigenvalue weighted by Gasteiger charge is -2.41. The predicted molar refractivity (Wildman–Crippen MR) is 116 cm³/mol. The molecule has 2 atom stereocenters. The zero-order valence-corrected chi connectivity index (χ0v) is 18.7. The minimum absolute atomic E-state index is 0.114. The smallest absolute Gasteiger partial charge is 0.381 e. The highest BCUT2D eigenvalue weighted by Gasteiger charge is 2.51. The van der Waals surface area contributed by atoms with Gasteiger partial charge < -0.3 is 10.1 Å². The molecule has 0 bridgehead atoms. The topological polar surface area (TPSA) is 117 Å². The Hall–Kier alpha value is -4.27. The molecule has 1 amide bonds. The Morgan fingerprint density at radius 1 is 1.16 bits per heavy atom. The van der Waals surface area contributed by atoms with Crippen molar-refractivity contribution in [2.75, 3.05) is 4.90 Å². The predicted octanol–water partition coefficient (Wildman–Crippen LogP) is 2.80. The Kier molecular flexibility index (Phi) is 6.50. The summed E-state index contributed by atoms with van der Waals surface area (Å²) in [6.07, 6.45) is -2.58. The van der Waals surface area contributed by atoms with Crippen molar-refractivity contribution in [2.24, 2.45) is 0 Å². The Morgan fingerprint density at radius 3 is 2.51 bits per heavy atom. The van der Waals surface area contributed by atoms with Gasteiger partial charge in [-0.2, -0.15) is 18.3 Å². The van der Waals surface area contributed by atoms with Crippen LogP contribution in [0, 0.1) is 17.5 Å². The number of amides is 1. The average molecular weight is 526 g/mol. The fourth-order valence-corrected chi connectivity index (χ4v) is 3.95. The van der Waals surface area contributed by atoms with Gasteiger partial charge >= 0.3 is 12.1 Å². The van der Waals surface area contributed by atoms with Gasteiger partial charge in [-0.15, -0.1) is 0 Å². The van der Waals surface area contributed by atoms with Gasteiger partial charge in [0.05, 0.1) is 35.5 Å². The molecule has 0 radical (unpaired) electrons. The molecule has 2 aromatic carbocycles. The van der Waals surface area contributed by atoms with Crippen molar-refractivity contribution in [3.05, 3.63) is 82.7 Å². The normalized spacial score (nSPS) is 14.4. The number of alkyl halides is 3. The number of rotatable bonds is 6. The number of aromatic nitrogens is 5. The second kappa shape index (κ2) is 9.31. The lowest BCUT2D eigenvalue weighted by atomic mass is 9.85. The Morgan fingerprint density at radius 2 is 1.89 bits per heavy atom. The molecule has 9 nitrogen and oxygen atoms in total. The van der Waals surface area contributed by atoms with Crippen LogP contribution in [0.25, 0.3) is 10.9 Å². The average Bonchev–Trinajstić information content (AvgIpc) is 3.32. The van der Waals surface area contributed by atoms with Crippen molar-refractivity contribution >= 4 is 22.5 Å². The number of anilines is 1. The number of nitrogens with zero attached hydrogens (tertiary/aromatic N) is 5. The lowest BCUT2D eigenvalue weighted by Crippen LogP contribution is -2.57. The maximum atomic E-state index is 15.2. The first-order valence-electron chi connectivity index (χ1n) is 10.4. The zero-order valence-electron chi connectivity index (χ0n) is 18.7. The minimum atomic E-state index is -5.58. The van der Waals surface area contributed by atoms with Crippen molar-refractivity contribution in [1.29, 1.82) is 0 Å². The van der Waals surface area contributed by atoms with Crippen LogP contribution in [0.4, 0.5) is 32.0 Å². The standard InChI is InChI=1S/C22H16F6N6O3/c1-11(21(37,7-33-10-29-8-32-33)14-3-2-12(23)4-15(14)24)34(20(36)22(26,27)28)18-6-17-13(5-16(18)25)19(35)31-9-30-17/h2-6,8-11,37H,7H2,1H3,(H,30,31,35). The van der Waals surface area contributed by atoms with Crippen molar-refractivity contribution in [1.82, 2.24) is 24.7 Å². The second-order valence-corrected chi connectivity index (χ2v) is 8.04. The molecule has 0 fully saturated rings. The number of carbonyl (C=O) groups excluding carboxylic acids is 1. The molecule has 2 heterocycles. The quantitative estimate of drug-likeness (QED) is 0.374. The maximum absolute atomic E-state index is 15.2. The van der Waals surface area contributed by atoms with E-state index in [9.17, 15) is 36.6 Å². The first-order chi connectivity index (χ1) is 17.3. The number of fused-ring (bicyclic) bond motifs is 1. The van der Waals surface area contributed by atoms with Crippen LogP contribution in [0.2, 0.25) is 0 Å². The van der Waals surface area contributed by atoms with Gasteiger partial charge in [-0.1, -0.05) is 6.07 Å². The van der Waals surface area contributed by atoms with Crippen LogP contribution in [0.3, 0.4) is 0 Å². The van der Waals surface area contributed by atoms with E-state index in [0.717, 1.165) is 48.8 Å². The molecular formula is C22H16F6N6O3. The van der Waals surface area contributed by atoms with Crippen molar-refractivity contribution < 1.29 is 36.2 Å². The molecule has 194 valence electrons. The Labute approximate surface area is 203 Å². The fraction of sp³-hybridized carbons (Fsp3) is 0.227. The molecule has 0 saturated carbocycles. The molecule has 2 unspecified atom stereocenters. The number of aromatic amines is 1. The molecule has 0 spiro atoms. The molecule has 0 aliphatic heterocycles. The molecule has 4 aromatic rings. The molecule has 4 rings (SSSR count). The van der Waals surface area contributed by atoms with E-state index in [1.807, 2.05) is 0 Å². The summed E-state index contributed by atoms with van der Waals surface area (Å²) in [5, 5.41) is 15.1. The van der Waals surface area contributed by atoms with Crippen LogP contribution in [0.1, 0.15) is 12.5 Å². The van der Waals surface area contributed by atoms with E-state index in [0.29, 0.717) is 12.1 Å². The molecule has 2 aromatic heterocycles. The number of hydrogen-bond acceptors (Lipinski definition) is 6. The zero-order chi connectivity index (χ0) is 27.1. The first-order valence-corrected chi connectivity index (χ1v) is 10.4. The molecular weight excluding hydrogens is 510 g/mol. The number of carbonyl (C=O) groups is 1. The Balaban J connectivity index is 1.97. The number of hydrogen-bond donors (Lipinski definition) is 2. The summed E-state index contributed by atoms with van der Waals surface area (Å²) < 4.78 is 85.8. The maximum Gasteiger partial charge on any atom is 0.471 e. The minimum Gasteiger partial charge on any atom is -0.381 e. The van der Waals surface area contributed by atoms with E-state index in [4.69, 9.17) is 0 Å². The number of nitrogens with one attached hydrogen (secondary N) is 1. The van der Waals surface area contributed by atoms with E-state index in [-0.39, 0.29) is 15.8 Å². The van der Waals surface area contributed by atoms with Crippen LogP contribution in [0.15, 0.2) is 54.1 Å². The summed E-state index contributed by atoms with van der Waals surface area (Å²) >= 11 is 0. The molecule has 2 N–H and O–H groups in total. The van der Waals surface area contributed by atoms with E-state index in [2.05, 4.69) is 20.1 Å². The number of H-pyrrole nitrogens is 1. The number of benzene rings is 2. The summed E-state index contributed by atoms with van der Waals surface area (Å²) in [7, 11) is 0. The highest BCUT2D eigenvalue weighted by atomic mass is 19.4. The Bertz CT molecular complexity index is 1520. The van der Waals surface area contributed by atoms with Crippen molar-refractivity contribution in [2.45, 2.75) is 31.3 Å². The highest BCUT2D eigenvalue weighted by molar-refractivity contribution is 5.99. The molecule has 37 heavy (non-hydrogen) atoms. The highest BCUT2D eigenvalue weighted by Crippen LogP contribution is 2.38. The van der Waals surface area contributed by atoms with Gasteiger partial charge in [-0.3, -0.25) is 14.5 Å². The van der Waals surface area contributed by atoms with Gasteiger partial charge in [0, 0.05) is 11.6 Å². The SMILES string of the molecule is CC(N(C(=O)C(F)(F)F)c1cc2nc[nH]c(=O)c2cc1F)C(O)(Cn1cncn1)c1ccc(F)cc1F. The fourth-order valence-electron chi connectivity index (χ4n) is 3.95. The third-order valence-corrected chi connectivity index (χ3v) is 5.78. The van der Waals surface area contributed by atoms with Gasteiger partial charge in [0.1, 0.15) is 35.7 Å². The molecule has 0 aliphatic carbocycles. The van der Waals surface area contributed by atoms with Gasteiger partial charge in [0.2, 0.25) is 0 Å². The van der Waals surface area contributed by atoms with Gasteiger partial charge in [0.25, 0.3) is 5.56 Å². The van der Waals surface area contributed by atoms with E-state index in [1.54, 1.807) is 0 Å². The second-order valence-electron chi connectivity index (χ2n) is 8.04.